The van der Waals surface area contributed by atoms with E-state index in [9.17, 15) is 9.59 Å². The molecule has 6 nitrogen and oxygen atoms in total. The summed E-state index contributed by atoms with van der Waals surface area (Å²) >= 11 is 11.6. The molecular formula is C9H5Cl2N3O3. The van der Waals surface area contributed by atoms with Crippen LogP contribution in [0.5, 0.6) is 0 Å². The molecule has 0 fully saturated rings. The van der Waals surface area contributed by atoms with Crippen molar-refractivity contribution in [3.8, 4) is 0 Å². The van der Waals surface area contributed by atoms with E-state index in [4.69, 9.17) is 28.3 Å². The highest BCUT2D eigenvalue weighted by Gasteiger charge is 2.11. The fourth-order valence-corrected chi connectivity index (χ4v) is 1.87. The number of rotatable bonds is 2. The van der Waals surface area contributed by atoms with Crippen LogP contribution in [0.3, 0.4) is 0 Å². The molecule has 0 unspecified atom stereocenters. The van der Waals surface area contributed by atoms with E-state index in [0.717, 1.165) is 4.68 Å². The van der Waals surface area contributed by atoms with Crippen molar-refractivity contribution >= 4 is 40.1 Å². The van der Waals surface area contributed by atoms with Crippen LogP contribution in [0.25, 0.3) is 10.9 Å². The first-order chi connectivity index (χ1) is 7.99. The molecule has 0 aliphatic heterocycles. The van der Waals surface area contributed by atoms with Crippen LogP contribution in [-0.2, 0) is 11.3 Å². The summed E-state index contributed by atoms with van der Waals surface area (Å²) in [5.74, 6) is -1.19. The Balaban J connectivity index is 2.75. The third-order valence-corrected chi connectivity index (χ3v) is 2.54. The van der Waals surface area contributed by atoms with Crippen molar-refractivity contribution in [2.45, 2.75) is 6.54 Å². The van der Waals surface area contributed by atoms with E-state index in [1.54, 1.807) is 0 Å². The summed E-state index contributed by atoms with van der Waals surface area (Å²) in [4.78, 5) is 22.4. The molecule has 1 heterocycles. The molecule has 2 rings (SSSR count). The van der Waals surface area contributed by atoms with Crippen molar-refractivity contribution in [2.75, 3.05) is 0 Å². The number of carboxylic acid groups (broad SMARTS) is 1. The molecule has 0 saturated heterocycles. The number of nitrogens with zero attached hydrogens (tertiary/aromatic N) is 3. The van der Waals surface area contributed by atoms with Gasteiger partial charge in [-0.1, -0.05) is 28.4 Å². The average molecular weight is 274 g/mol. The van der Waals surface area contributed by atoms with Gasteiger partial charge in [-0.05, 0) is 12.1 Å². The number of halogens is 2. The molecule has 1 aromatic carbocycles. The highest BCUT2D eigenvalue weighted by atomic mass is 35.5. The fourth-order valence-electron chi connectivity index (χ4n) is 1.34. The lowest BCUT2D eigenvalue weighted by atomic mass is 10.2. The topological polar surface area (TPSA) is 85.1 Å². The maximum Gasteiger partial charge on any atom is 0.325 e. The number of carbonyl (C=O) groups is 1. The van der Waals surface area contributed by atoms with Crippen LogP contribution in [0.15, 0.2) is 16.9 Å². The van der Waals surface area contributed by atoms with Crippen LogP contribution in [0.4, 0.5) is 0 Å². The van der Waals surface area contributed by atoms with Gasteiger partial charge in [0.2, 0.25) is 0 Å². The second-order valence-electron chi connectivity index (χ2n) is 3.23. The van der Waals surface area contributed by atoms with Gasteiger partial charge in [-0.15, -0.1) is 5.10 Å². The van der Waals surface area contributed by atoms with Gasteiger partial charge in [0.1, 0.15) is 12.1 Å². The molecular weight excluding hydrogens is 269 g/mol. The SMILES string of the molecule is O=C(O)Cn1nnc2c(Cl)cc(Cl)cc2c1=O. The minimum atomic E-state index is -1.19. The summed E-state index contributed by atoms with van der Waals surface area (Å²) in [7, 11) is 0. The molecule has 0 aliphatic rings. The number of hydrogen-bond donors (Lipinski definition) is 1. The zero-order valence-electron chi connectivity index (χ0n) is 8.22. The molecule has 0 radical (unpaired) electrons. The van der Waals surface area contributed by atoms with Crippen LogP contribution in [-0.4, -0.2) is 26.1 Å². The van der Waals surface area contributed by atoms with Crippen molar-refractivity contribution in [3.05, 3.63) is 32.5 Å². The lowest BCUT2D eigenvalue weighted by Gasteiger charge is -2.03. The molecule has 2 aromatic rings. The molecule has 0 bridgehead atoms. The molecule has 0 spiro atoms. The van der Waals surface area contributed by atoms with E-state index >= 15 is 0 Å². The Morgan fingerprint density at radius 3 is 2.76 bits per heavy atom. The lowest BCUT2D eigenvalue weighted by Crippen LogP contribution is -2.27. The molecule has 88 valence electrons. The predicted molar refractivity (Wildman–Crippen MR) is 61.5 cm³/mol. The smallest absolute Gasteiger partial charge is 0.325 e. The summed E-state index contributed by atoms with van der Waals surface area (Å²) in [6.07, 6.45) is 0. The quantitative estimate of drug-likeness (QED) is 0.888. The maximum atomic E-state index is 11.8. The van der Waals surface area contributed by atoms with Crippen LogP contribution in [0, 0.1) is 0 Å². The van der Waals surface area contributed by atoms with Gasteiger partial charge in [-0.3, -0.25) is 9.59 Å². The van der Waals surface area contributed by atoms with E-state index in [0.29, 0.717) is 0 Å². The first-order valence-electron chi connectivity index (χ1n) is 4.43. The lowest BCUT2D eigenvalue weighted by molar-refractivity contribution is -0.138. The second-order valence-corrected chi connectivity index (χ2v) is 4.07. The highest BCUT2D eigenvalue weighted by molar-refractivity contribution is 6.38. The zero-order valence-corrected chi connectivity index (χ0v) is 9.73. The average Bonchev–Trinajstić information content (AvgIpc) is 2.22. The Hall–Kier alpha value is -1.66. The van der Waals surface area contributed by atoms with E-state index in [2.05, 4.69) is 10.3 Å². The van der Waals surface area contributed by atoms with Crippen molar-refractivity contribution in [1.29, 1.82) is 0 Å². The zero-order chi connectivity index (χ0) is 12.6. The Morgan fingerprint density at radius 2 is 2.12 bits per heavy atom. The summed E-state index contributed by atoms with van der Waals surface area (Å²) in [5, 5.41) is 16.4. The van der Waals surface area contributed by atoms with E-state index in [1.807, 2.05) is 0 Å². The third kappa shape index (κ3) is 2.22. The number of carboxylic acids is 1. The van der Waals surface area contributed by atoms with Gasteiger partial charge in [0.15, 0.2) is 0 Å². The Bertz CT molecular complexity index is 668. The van der Waals surface area contributed by atoms with E-state index < -0.39 is 18.1 Å². The second kappa shape index (κ2) is 4.31. The highest BCUT2D eigenvalue weighted by Crippen LogP contribution is 2.23. The van der Waals surface area contributed by atoms with Crippen LogP contribution < -0.4 is 5.56 Å². The first kappa shape index (κ1) is 11.8. The van der Waals surface area contributed by atoms with Crippen LogP contribution in [0.2, 0.25) is 10.0 Å². The van der Waals surface area contributed by atoms with Gasteiger partial charge in [-0.2, -0.15) is 4.68 Å². The van der Waals surface area contributed by atoms with Gasteiger partial charge in [0.05, 0.1) is 10.4 Å². The number of aliphatic carboxylic acids is 1. The van der Waals surface area contributed by atoms with Gasteiger partial charge in [0, 0.05) is 5.02 Å². The van der Waals surface area contributed by atoms with Gasteiger partial charge >= 0.3 is 5.97 Å². The number of fused-ring (bicyclic) bond motifs is 1. The Labute approximate surface area is 104 Å². The molecule has 0 saturated carbocycles. The summed E-state index contributed by atoms with van der Waals surface area (Å²) < 4.78 is 0.733. The van der Waals surface area contributed by atoms with Crippen molar-refractivity contribution in [2.24, 2.45) is 0 Å². The minimum Gasteiger partial charge on any atom is -0.480 e. The Morgan fingerprint density at radius 1 is 1.41 bits per heavy atom. The molecule has 1 aromatic heterocycles. The van der Waals surface area contributed by atoms with Crippen LogP contribution >= 0.6 is 23.2 Å². The third-order valence-electron chi connectivity index (χ3n) is 2.03. The van der Waals surface area contributed by atoms with Gasteiger partial charge in [0.25, 0.3) is 5.56 Å². The van der Waals surface area contributed by atoms with Gasteiger partial charge in [-0.25, -0.2) is 0 Å². The molecule has 1 N–H and O–H groups in total. The fraction of sp³-hybridized carbons (Fsp3) is 0.111. The monoisotopic (exact) mass is 273 g/mol. The molecule has 0 aliphatic carbocycles. The molecule has 8 heteroatoms. The van der Waals surface area contributed by atoms with Crippen molar-refractivity contribution < 1.29 is 9.90 Å². The normalized spacial score (nSPS) is 10.7. The first-order valence-corrected chi connectivity index (χ1v) is 5.19. The van der Waals surface area contributed by atoms with Crippen LogP contribution in [0.1, 0.15) is 0 Å². The molecule has 0 atom stereocenters. The van der Waals surface area contributed by atoms with Gasteiger partial charge < -0.3 is 5.11 Å². The summed E-state index contributed by atoms with van der Waals surface area (Å²) in [6, 6.07) is 2.80. The number of benzene rings is 1. The minimum absolute atomic E-state index is 0.138. The molecule has 17 heavy (non-hydrogen) atoms. The van der Waals surface area contributed by atoms with E-state index in [1.165, 1.54) is 12.1 Å². The molecule has 0 amide bonds. The number of aromatic nitrogens is 3. The van der Waals surface area contributed by atoms with Crippen molar-refractivity contribution in [1.82, 2.24) is 15.0 Å². The largest absolute Gasteiger partial charge is 0.480 e. The summed E-state index contributed by atoms with van der Waals surface area (Å²) in [6.45, 7) is -0.564. The van der Waals surface area contributed by atoms with E-state index in [-0.39, 0.29) is 20.9 Å². The van der Waals surface area contributed by atoms with Crippen molar-refractivity contribution in [3.63, 3.8) is 0 Å². The maximum absolute atomic E-state index is 11.8. The Kier molecular flexibility index (Phi) is 2.99. The predicted octanol–water partition coefficient (Wildman–Crippen LogP) is 1.18. The standard InChI is InChI=1S/C9H5Cl2N3O3/c10-4-1-5-8(6(11)2-4)12-13-14(9(5)17)3-7(15)16/h1-2H,3H2,(H,15,16). The number of hydrogen-bond acceptors (Lipinski definition) is 4. The summed E-state index contributed by atoms with van der Waals surface area (Å²) in [5.41, 5.74) is -0.399.